The summed E-state index contributed by atoms with van der Waals surface area (Å²) in [6.45, 7) is 1.78. The number of pyridine rings is 1. The fourth-order valence-corrected chi connectivity index (χ4v) is 1.75. The predicted molar refractivity (Wildman–Crippen MR) is 77.8 cm³/mol. The largest absolute Gasteiger partial charge is 0.287 e. The van der Waals surface area contributed by atoms with Crippen molar-refractivity contribution in [1.82, 2.24) is 4.98 Å². The topological polar surface area (TPSA) is 78.7 Å². The first-order valence-electron chi connectivity index (χ1n) is 6.00. The van der Waals surface area contributed by atoms with Crippen molar-refractivity contribution in [3.8, 4) is 0 Å². The number of benzene rings is 1. The van der Waals surface area contributed by atoms with E-state index in [4.69, 9.17) is 5.53 Å². The highest BCUT2D eigenvalue weighted by atomic mass is 16.1. The van der Waals surface area contributed by atoms with Crippen molar-refractivity contribution in [2.24, 2.45) is 5.11 Å². The summed E-state index contributed by atoms with van der Waals surface area (Å²) in [5, 5.41) is 3.09. The van der Waals surface area contributed by atoms with Crippen LogP contribution in [0.5, 0.6) is 0 Å². The van der Waals surface area contributed by atoms with Crippen LogP contribution in [0.1, 0.15) is 27.3 Å². The second kappa shape index (κ2) is 6.31. The number of nitrogens with zero attached hydrogens (tertiary/aromatic N) is 4. The molecule has 1 aromatic heterocycles. The zero-order valence-electron chi connectivity index (χ0n) is 10.9. The van der Waals surface area contributed by atoms with Gasteiger partial charge >= 0.3 is 0 Å². The minimum atomic E-state index is -0.604. The van der Waals surface area contributed by atoms with Crippen molar-refractivity contribution in [3.05, 3.63) is 75.4 Å². The number of hydrogen-bond donors (Lipinski definition) is 0. The van der Waals surface area contributed by atoms with E-state index in [9.17, 15) is 4.79 Å². The maximum absolute atomic E-state index is 11.6. The van der Waals surface area contributed by atoms with Crippen molar-refractivity contribution >= 4 is 18.1 Å². The number of amides is 1. The molecule has 1 amide bonds. The molecule has 0 saturated heterocycles. The van der Waals surface area contributed by atoms with Gasteiger partial charge in [0.05, 0.1) is 5.69 Å². The smallest absolute Gasteiger partial charge is 0.249 e. The third kappa shape index (κ3) is 3.54. The fourth-order valence-electron chi connectivity index (χ4n) is 1.75. The fraction of sp³-hybridized carbons (Fsp3) is 0.0667. The summed E-state index contributed by atoms with van der Waals surface area (Å²) < 4.78 is 0. The molecule has 1 aromatic carbocycles. The molecule has 0 atom stereocenters. The van der Waals surface area contributed by atoms with Crippen LogP contribution in [0.2, 0.25) is 0 Å². The van der Waals surface area contributed by atoms with Crippen molar-refractivity contribution in [2.75, 3.05) is 0 Å². The zero-order chi connectivity index (χ0) is 14.4. The molecule has 5 heteroatoms. The molecule has 0 aliphatic heterocycles. The van der Waals surface area contributed by atoms with Crippen molar-refractivity contribution < 1.29 is 4.79 Å². The van der Waals surface area contributed by atoms with E-state index in [0.29, 0.717) is 17.0 Å². The van der Waals surface area contributed by atoms with E-state index in [1.54, 1.807) is 19.1 Å². The normalized spacial score (nSPS) is 10.2. The molecule has 20 heavy (non-hydrogen) atoms. The minimum absolute atomic E-state index is 0.336. The molecule has 0 radical (unpaired) electrons. The number of aryl methyl sites for hydroxylation is 1. The van der Waals surface area contributed by atoms with E-state index in [2.05, 4.69) is 15.0 Å². The van der Waals surface area contributed by atoms with Gasteiger partial charge in [-0.05, 0) is 41.3 Å². The Kier molecular flexibility index (Phi) is 4.27. The van der Waals surface area contributed by atoms with Crippen molar-refractivity contribution in [2.45, 2.75) is 6.92 Å². The zero-order valence-corrected chi connectivity index (χ0v) is 10.9. The van der Waals surface area contributed by atoms with E-state index < -0.39 is 5.91 Å². The Balaban J connectivity index is 2.31. The van der Waals surface area contributed by atoms with Crippen LogP contribution in [0.15, 0.2) is 47.6 Å². The quantitative estimate of drug-likeness (QED) is 0.477. The van der Waals surface area contributed by atoms with Crippen molar-refractivity contribution in [3.63, 3.8) is 0 Å². The number of aromatic nitrogens is 1. The SMILES string of the molecule is Cc1cc(C(=O)N=[N+]=[N-])cc(/C=C/c2ccccc2)n1. The Morgan fingerprint density at radius 1 is 1.25 bits per heavy atom. The van der Waals surface area contributed by atoms with Crippen LogP contribution in [0.3, 0.4) is 0 Å². The van der Waals surface area contributed by atoms with Crippen molar-refractivity contribution in [1.29, 1.82) is 0 Å². The number of rotatable bonds is 3. The Labute approximate surface area is 116 Å². The Hall–Kier alpha value is -2.91. The molecule has 0 aliphatic carbocycles. The lowest BCUT2D eigenvalue weighted by atomic mass is 10.1. The Morgan fingerprint density at radius 3 is 2.70 bits per heavy atom. The standard InChI is InChI=1S/C15H12N4O/c1-11-9-13(15(20)18-19-16)10-14(17-11)8-7-12-5-3-2-4-6-12/h2-10H,1H3/b8-7+. The van der Waals surface area contributed by atoms with Gasteiger partial charge in [0.1, 0.15) is 0 Å². The van der Waals surface area contributed by atoms with Gasteiger partial charge in [0.15, 0.2) is 0 Å². The third-order valence-electron chi connectivity index (χ3n) is 2.60. The average Bonchev–Trinajstić information content (AvgIpc) is 2.46. The van der Waals surface area contributed by atoms with Gasteiger partial charge in [0.25, 0.3) is 0 Å². The Morgan fingerprint density at radius 2 is 2.00 bits per heavy atom. The molecule has 2 rings (SSSR count). The van der Waals surface area contributed by atoms with Crippen LogP contribution < -0.4 is 0 Å². The van der Waals surface area contributed by atoms with Crippen LogP contribution in [0.4, 0.5) is 0 Å². The predicted octanol–water partition coefficient (Wildman–Crippen LogP) is 4.01. The molecule has 0 N–H and O–H groups in total. The molecular formula is C15H12N4O. The first-order valence-corrected chi connectivity index (χ1v) is 6.00. The van der Waals surface area contributed by atoms with Gasteiger partial charge in [0, 0.05) is 16.2 Å². The van der Waals surface area contributed by atoms with E-state index in [1.807, 2.05) is 42.5 Å². The van der Waals surface area contributed by atoms with Crippen LogP contribution in [-0.2, 0) is 0 Å². The van der Waals surface area contributed by atoms with Crippen LogP contribution in [0, 0.1) is 6.92 Å². The number of azide groups is 1. The average molecular weight is 264 g/mol. The van der Waals surface area contributed by atoms with E-state index in [0.717, 1.165) is 5.56 Å². The lowest BCUT2D eigenvalue weighted by Crippen LogP contribution is -1.97. The van der Waals surface area contributed by atoms with Crippen LogP contribution in [-0.4, -0.2) is 10.9 Å². The van der Waals surface area contributed by atoms with Gasteiger partial charge in [0.2, 0.25) is 5.91 Å². The van der Waals surface area contributed by atoms with Crippen LogP contribution in [0.25, 0.3) is 22.6 Å². The van der Waals surface area contributed by atoms with E-state index in [-0.39, 0.29) is 0 Å². The molecule has 2 aromatic rings. The molecule has 98 valence electrons. The van der Waals surface area contributed by atoms with Gasteiger partial charge in [-0.15, -0.1) is 0 Å². The molecule has 0 bridgehead atoms. The summed E-state index contributed by atoms with van der Waals surface area (Å²) >= 11 is 0. The highest BCUT2D eigenvalue weighted by molar-refractivity contribution is 5.95. The number of carbonyl (C=O) groups is 1. The lowest BCUT2D eigenvalue weighted by molar-refractivity contribution is 0.1000. The van der Waals surface area contributed by atoms with Gasteiger partial charge in [-0.2, -0.15) is 0 Å². The molecule has 0 saturated carbocycles. The maximum Gasteiger partial charge on any atom is 0.249 e. The number of hydrogen-bond acceptors (Lipinski definition) is 2. The minimum Gasteiger partial charge on any atom is -0.287 e. The van der Waals surface area contributed by atoms with E-state index in [1.165, 1.54) is 0 Å². The van der Waals surface area contributed by atoms with Gasteiger partial charge in [-0.1, -0.05) is 36.4 Å². The lowest BCUT2D eigenvalue weighted by Gasteiger charge is -2.00. The summed E-state index contributed by atoms with van der Waals surface area (Å²) in [4.78, 5) is 18.4. The molecular weight excluding hydrogens is 252 g/mol. The Bertz CT molecular complexity index is 701. The first kappa shape index (κ1) is 13.5. The second-order valence-electron chi connectivity index (χ2n) is 4.16. The second-order valence-corrected chi connectivity index (χ2v) is 4.16. The van der Waals surface area contributed by atoms with Gasteiger partial charge in [-0.25, -0.2) is 0 Å². The summed E-state index contributed by atoms with van der Waals surface area (Å²) in [5.74, 6) is -0.604. The van der Waals surface area contributed by atoms with Gasteiger partial charge < -0.3 is 0 Å². The monoisotopic (exact) mass is 264 g/mol. The third-order valence-corrected chi connectivity index (χ3v) is 2.60. The molecule has 0 aliphatic rings. The number of carbonyl (C=O) groups excluding carboxylic acids is 1. The first-order chi connectivity index (χ1) is 9.69. The van der Waals surface area contributed by atoms with Gasteiger partial charge in [-0.3, -0.25) is 9.78 Å². The summed E-state index contributed by atoms with van der Waals surface area (Å²) in [6.07, 6.45) is 3.72. The van der Waals surface area contributed by atoms with Crippen LogP contribution >= 0.6 is 0 Å². The highest BCUT2D eigenvalue weighted by Gasteiger charge is 2.05. The molecule has 0 unspecified atom stereocenters. The molecule has 0 fully saturated rings. The van der Waals surface area contributed by atoms with E-state index >= 15 is 0 Å². The summed E-state index contributed by atoms with van der Waals surface area (Å²) in [6, 6.07) is 13.0. The molecule has 5 nitrogen and oxygen atoms in total. The maximum atomic E-state index is 11.6. The summed E-state index contributed by atoms with van der Waals surface area (Å²) in [7, 11) is 0. The molecule has 1 heterocycles. The molecule has 0 spiro atoms. The highest BCUT2D eigenvalue weighted by Crippen LogP contribution is 2.11. The summed E-state index contributed by atoms with van der Waals surface area (Å²) in [5.41, 5.74) is 11.0.